The molecule has 1 heterocycles. The molecule has 0 aliphatic carbocycles. The maximum atomic E-state index is 12.1. The first kappa shape index (κ1) is 14.0. The van der Waals surface area contributed by atoms with Crippen molar-refractivity contribution < 1.29 is 9.53 Å². The quantitative estimate of drug-likeness (QED) is 0.823. The van der Waals surface area contributed by atoms with Crippen molar-refractivity contribution in [3.63, 3.8) is 0 Å². The Morgan fingerprint density at radius 1 is 1.14 bits per heavy atom. The van der Waals surface area contributed by atoms with Crippen LogP contribution < -0.4 is 4.74 Å². The number of hydrogen-bond donors (Lipinski definition) is 0. The SMILES string of the molecule is COc1cccc(C2=Nc3cc(Br)ccc3CC(=O)C2)c1. The van der Waals surface area contributed by atoms with Crippen LogP contribution in [0.4, 0.5) is 5.69 Å². The minimum absolute atomic E-state index is 0.178. The fourth-order valence-electron chi connectivity index (χ4n) is 2.41. The fraction of sp³-hybridized carbons (Fsp3) is 0.176. The molecule has 0 spiro atoms. The molecule has 0 radical (unpaired) electrons. The zero-order chi connectivity index (χ0) is 14.8. The Bertz CT molecular complexity index is 737. The number of carbonyl (C=O) groups is 1. The summed E-state index contributed by atoms with van der Waals surface area (Å²) < 4.78 is 6.21. The van der Waals surface area contributed by atoms with Crippen molar-refractivity contribution in [2.24, 2.45) is 4.99 Å². The van der Waals surface area contributed by atoms with Gasteiger partial charge in [0, 0.05) is 22.9 Å². The Morgan fingerprint density at radius 2 is 2.00 bits per heavy atom. The number of ketones is 1. The summed E-state index contributed by atoms with van der Waals surface area (Å²) in [7, 11) is 1.63. The number of benzene rings is 2. The average molecular weight is 344 g/mol. The molecule has 0 aromatic heterocycles. The highest BCUT2D eigenvalue weighted by molar-refractivity contribution is 9.10. The topological polar surface area (TPSA) is 38.7 Å². The molecule has 1 aliphatic heterocycles. The van der Waals surface area contributed by atoms with Gasteiger partial charge in [-0.25, -0.2) is 0 Å². The number of aliphatic imine (C=N–C) groups is 1. The van der Waals surface area contributed by atoms with Crippen molar-refractivity contribution in [2.75, 3.05) is 7.11 Å². The molecule has 1 aliphatic rings. The third kappa shape index (κ3) is 3.05. The van der Waals surface area contributed by atoms with Gasteiger partial charge in [-0.15, -0.1) is 0 Å². The Balaban J connectivity index is 2.10. The summed E-state index contributed by atoms with van der Waals surface area (Å²) in [4.78, 5) is 16.9. The van der Waals surface area contributed by atoms with E-state index in [1.54, 1.807) is 7.11 Å². The maximum Gasteiger partial charge on any atom is 0.143 e. The average Bonchev–Trinajstić information content (AvgIpc) is 2.65. The normalized spacial score (nSPS) is 14.2. The van der Waals surface area contributed by atoms with E-state index in [9.17, 15) is 4.79 Å². The van der Waals surface area contributed by atoms with E-state index in [0.29, 0.717) is 12.8 Å². The summed E-state index contributed by atoms with van der Waals surface area (Å²) in [6.07, 6.45) is 0.777. The van der Waals surface area contributed by atoms with Crippen LogP contribution in [0.3, 0.4) is 0 Å². The van der Waals surface area contributed by atoms with Crippen LogP contribution in [0, 0.1) is 0 Å². The van der Waals surface area contributed by atoms with Gasteiger partial charge in [-0.3, -0.25) is 9.79 Å². The van der Waals surface area contributed by atoms with E-state index in [1.165, 1.54) is 0 Å². The van der Waals surface area contributed by atoms with E-state index in [0.717, 1.165) is 32.7 Å². The standard InChI is InChI=1S/C17H14BrNO2/c1-21-15-4-2-3-11(8-15)17-10-14(20)7-12-5-6-13(18)9-16(12)19-17/h2-6,8-9H,7,10H2,1H3. The summed E-state index contributed by atoms with van der Waals surface area (Å²) in [5, 5.41) is 0. The molecule has 0 unspecified atom stereocenters. The molecule has 0 atom stereocenters. The summed E-state index contributed by atoms with van der Waals surface area (Å²) >= 11 is 3.46. The minimum Gasteiger partial charge on any atom is -0.497 e. The van der Waals surface area contributed by atoms with Crippen LogP contribution in [-0.2, 0) is 11.2 Å². The van der Waals surface area contributed by atoms with E-state index < -0.39 is 0 Å². The number of methoxy groups -OCH3 is 1. The van der Waals surface area contributed by atoms with Gasteiger partial charge in [0.15, 0.2) is 0 Å². The van der Waals surface area contributed by atoms with Crippen LogP contribution >= 0.6 is 15.9 Å². The van der Waals surface area contributed by atoms with E-state index >= 15 is 0 Å². The second-order valence-electron chi connectivity index (χ2n) is 4.96. The Labute approximate surface area is 131 Å². The monoisotopic (exact) mass is 343 g/mol. The second kappa shape index (κ2) is 5.82. The van der Waals surface area contributed by atoms with E-state index in [-0.39, 0.29) is 5.78 Å². The molecule has 21 heavy (non-hydrogen) atoms. The smallest absolute Gasteiger partial charge is 0.143 e. The Kier molecular flexibility index (Phi) is 3.88. The lowest BCUT2D eigenvalue weighted by atomic mass is 10.0. The van der Waals surface area contributed by atoms with E-state index in [1.807, 2.05) is 42.5 Å². The second-order valence-corrected chi connectivity index (χ2v) is 5.87. The zero-order valence-corrected chi connectivity index (χ0v) is 13.2. The van der Waals surface area contributed by atoms with Gasteiger partial charge < -0.3 is 4.74 Å². The zero-order valence-electron chi connectivity index (χ0n) is 11.6. The Hall–Kier alpha value is -1.94. The van der Waals surface area contributed by atoms with Crippen LogP contribution in [0.25, 0.3) is 0 Å². The maximum absolute atomic E-state index is 12.1. The van der Waals surface area contributed by atoms with Gasteiger partial charge in [0.1, 0.15) is 11.5 Å². The predicted octanol–water partition coefficient (Wildman–Crippen LogP) is 4.09. The molecular formula is C17H14BrNO2. The van der Waals surface area contributed by atoms with E-state index in [4.69, 9.17) is 9.73 Å². The highest BCUT2D eigenvalue weighted by atomic mass is 79.9. The molecule has 0 amide bonds. The number of rotatable bonds is 2. The van der Waals surface area contributed by atoms with Crippen LogP contribution in [0.5, 0.6) is 5.75 Å². The van der Waals surface area contributed by atoms with Crippen molar-refractivity contribution in [1.29, 1.82) is 0 Å². The van der Waals surface area contributed by atoms with Crippen LogP contribution in [0.1, 0.15) is 17.5 Å². The molecule has 4 heteroatoms. The molecule has 0 saturated heterocycles. The lowest BCUT2D eigenvalue weighted by Gasteiger charge is -2.06. The van der Waals surface area contributed by atoms with Crippen LogP contribution in [0.15, 0.2) is 51.9 Å². The molecule has 0 N–H and O–H groups in total. The summed E-state index contributed by atoms with van der Waals surface area (Å²) in [6.45, 7) is 0. The number of halogens is 1. The number of Topliss-reactive ketones (excluding diaryl/α,β-unsaturated/α-hetero) is 1. The first-order valence-electron chi connectivity index (χ1n) is 6.68. The highest BCUT2D eigenvalue weighted by Gasteiger charge is 2.18. The lowest BCUT2D eigenvalue weighted by molar-refractivity contribution is -0.117. The molecule has 3 rings (SSSR count). The van der Waals surface area contributed by atoms with Gasteiger partial charge in [-0.1, -0.05) is 34.1 Å². The third-order valence-electron chi connectivity index (χ3n) is 3.46. The van der Waals surface area contributed by atoms with Gasteiger partial charge in [0.05, 0.1) is 18.5 Å². The van der Waals surface area contributed by atoms with E-state index in [2.05, 4.69) is 15.9 Å². The summed E-state index contributed by atoms with van der Waals surface area (Å²) in [5.41, 5.74) is 3.54. The number of fused-ring (bicyclic) bond motifs is 1. The van der Waals surface area contributed by atoms with Gasteiger partial charge >= 0.3 is 0 Å². The molecular weight excluding hydrogens is 330 g/mol. The van der Waals surface area contributed by atoms with Crippen LogP contribution in [0.2, 0.25) is 0 Å². The summed E-state index contributed by atoms with van der Waals surface area (Å²) in [5.74, 6) is 0.944. The van der Waals surface area contributed by atoms with Gasteiger partial charge in [-0.05, 0) is 29.8 Å². The molecule has 3 nitrogen and oxygen atoms in total. The number of hydrogen-bond acceptors (Lipinski definition) is 3. The molecule has 0 saturated carbocycles. The van der Waals surface area contributed by atoms with Crippen molar-refractivity contribution in [1.82, 2.24) is 0 Å². The van der Waals surface area contributed by atoms with Gasteiger partial charge in [0.25, 0.3) is 0 Å². The number of carbonyl (C=O) groups excluding carboxylic acids is 1. The summed E-state index contributed by atoms with van der Waals surface area (Å²) in [6, 6.07) is 13.5. The minimum atomic E-state index is 0.178. The largest absolute Gasteiger partial charge is 0.497 e. The first-order chi connectivity index (χ1) is 10.2. The predicted molar refractivity (Wildman–Crippen MR) is 86.7 cm³/mol. The number of ether oxygens (including phenoxy) is 1. The number of nitrogens with zero attached hydrogens (tertiary/aromatic N) is 1. The molecule has 0 bridgehead atoms. The van der Waals surface area contributed by atoms with Gasteiger partial charge in [0.2, 0.25) is 0 Å². The molecule has 0 fully saturated rings. The third-order valence-corrected chi connectivity index (χ3v) is 3.95. The van der Waals surface area contributed by atoms with Crippen molar-refractivity contribution in [3.8, 4) is 5.75 Å². The van der Waals surface area contributed by atoms with Crippen molar-refractivity contribution in [2.45, 2.75) is 12.8 Å². The fourth-order valence-corrected chi connectivity index (χ4v) is 2.76. The van der Waals surface area contributed by atoms with Crippen molar-refractivity contribution in [3.05, 3.63) is 58.1 Å². The highest BCUT2D eigenvalue weighted by Crippen LogP contribution is 2.29. The van der Waals surface area contributed by atoms with Crippen molar-refractivity contribution >= 4 is 33.1 Å². The van der Waals surface area contributed by atoms with Gasteiger partial charge in [-0.2, -0.15) is 0 Å². The molecule has 106 valence electrons. The molecule has 2 aromatic rings. The molecule has 2 aromatic carbocycles. The first-order valence-corrected chi connectivity index (χ1v) is 7.47. The lowest BCUT2D eigenvalue weighted by Crippen LogP contribution is -2.09. The Morgan fingerprint density at radius 3 is 2.81 bits per heavy atom. The van der Waals surface area contributed by atoms with Crippen LogP contribution in [-0.4, -0.2) is 18.6 Å².